The lowest BCUT2D eigenvalue weighted by Crippen LogP contribution is -2.49. The third-order valence-electron chi connectivity index (χ3n) is 5.28. The summed E-state index contributed by atoms with van der Waals surface area (Å²) in [5.41, 5.74) is 2.00. The summed E-state index contributed by atoms with van der Waals surface area (Å²) in [5.74, 6) is 1.07. The fraction of sp³-hybridized carbons (Fsp3) is 0.261. The van der Waals surface area contributed by atoms with Gasteiger partial charge in [-0.25, -0.2) is 0 Å². The molecule has 9 heteroatoms. The van der Waals surface area contributed by atoms with E-state index in [-0.39, 0.29) is 5.91 Å². The van der Waals surface area contributed by atoms with Crippen molar-refractivity contribution < 1.29 is 4.79 Å². The Kier molecular flexibility index (Phi) is 7.40. The fourth-order valence-electron chi connectivity index (χ4n) is 3.61. The number of piperazine rings is 1. The van der Waals surface area contributed by atoms with Crippen LogP contribution < -0.4 is 4.90 Å². The highest BCUT2D eigenvalue weighted by Gasteiger charge is 2.22. The van der Waals surface area contributed by atoms with Gasteiger partial charge in [0.25, 0.3) is 0 Å². The van der Waals surface area contributed by atoms with Crippen molar-refractivity contribution in [1.29, 1.82) is 0 Å². The molecule has 32 heavy (non-hydrogen) atoms. The highest BCUT2D eigenvalue weighted by Crippen LogP contribution is 2.30. The number of anilines is 1. The number of hydrogen-bond donors (Lipinski definition) is 0. The molecule has 1 aliphatic heterocycles. The number of aromatic nitrogens is 3. The maximum absolute atomic E-state index is 12.8. The Labute approximate surface area is 201 Å². The summed E-state index contributed by atoms with van der Waals surface area (Å²) in [6, 6.07) is 15.6. The van der Waals surface area contributed by atoms with Crippen LogP contribution in [0.2, 0.25) is 10.0 Å². The molecule has 1 aromatic heterocycles. The van der Waals surface area contributed by atoms with Crippen molar-refractivity contribution in [2.45, 2.75) is 11.7 Å². The van der Waals surface area contributed by atoms with Crippen LogP contribution in [-0.4, -0.2) is 57.5 Å². The van der Waals surface area contributed by atoms with Gasteiger partial charge < -0.3 is 9.80 Å². The second kappa shape index (κ2) is 10.4. The van der Waals surface area contributed by atoms with Gasteiger partial charge in [-0.1, -0.05) is 59.2 Å². The first-order valence-corrected chi connectivity index (χ1v) is 12.0. The number of halogens is 2. The van der Waals surface area contributed by atoms with Crippen molar-refractivity contribution in [3.05, 3.63) is 71.2 Å². The molecule has 1 amide bonds. The number of hydrogen-bond acceptors (Lipinski definition) is 5. The number of carbonyl (C=O) groups excluding carboxylic acids is 1. The first kappa shape index (κ1) is 22.7. The lowest BCUT2D eigenvalue weighted by molar-refractivity contribution is -0.128. The average Bonchev–Trinajstić information content (AvgIpc) is 3.22. The molecule has 0 atom stereocenters. The highest BCUT2D eigenvalue weighted by atomic mass is 35.5. The minimum absolute atomic E-state index is 0.104. The number of rotatable bonds is 7. The van der Waals surface area contributed by atoms with Crippen molar-refractivity contribution in [3.63, 3.8) is 0 Å². The Morgan fingerprint density at radius 3 is 2.47 bits per heavy atom. The largest absolute Gasteiger partial charge is 0.368 e. The minimum Gasteiger partial charge on any atom is -0.368 e. The van der Waals surface area contributed by atoms with Crippen molar-refractivity contribution in [3.8, 4) is 11.4 Å². The quantitative estimate of drug-likeness (QED) is 0.351. The normalized spacial score (nSPS) is 13.9. The number of thioether (sulfide) groups is 1. The van der Waals surface area contributed by atoms with E-state index in [1.807, 2.05) is 33.7 Å². The van der Waals surface area contributed by atoms with Gasteiger partial charge in [0.15, 0.2) is 11.0 Å². The van der Waals surface area contributed by atoms with Crippen molar-refractivity contribution in [2.24, 2.45) is 0 Å². The van der Waals surface area contributed by atoms with E-state index in [2.05, 4.69) is 33.8 Å². The standard InChI is InChI=1S/C23H23Cl2N5OS/c1-2-10-30-22(17-8-9-19(24)20(25)15-17)26-27-23(30)32-16-21(31)29-13-11-28(12-14-29)18-6-4-3-5-7-18/h2-9,15H,1,10-14,16H2. The molecule has 0 N–H and O–H groups in total. The van der Waals surface area contributed by atoms with Crippen LogP contribution in [0, 0.1) is 0 Å². The van der Waals surface area contributed by atoms with E-state index in [9.17, 15) is 4.79 Å². The summed E-state index contributed by atoms with van der Waals surface area (Å²) in [4.78, 5) is 17.0. The Hall–Kier alpha value is -2.48. The van der Waals surface area contributed by atoms with Crippen LogP contribution in [0.1, 0.15) is 0 Å². The van der Waals surface area contributed by atoms with Crippen molar-refractivity contribution in [1.82, 2.24) is 19.7 Å². The van der Waals surface area contributed by atoms with Gasteiger partial charge in [-0.05, 0) is 30.3 Å². The smallest absolute Gasteiger partial charge is 0.233 e. The topological polar surface area (TPSA) is 54.3 Å². The zero-order chi connectivity index (χ0) is 22.5. The van der Waals surface area contributed by atoms with E-state index in [0.29, 0.717) is 46.4 Å². The van der Waals surface area contributed by atoms with E-state index in [1.165, 1.54) is 17.4 Å². The van der Waals surface area contributed by atoms with Crippen LogP contribution in [0.3, 0.4) is 0 Å². The van der Waals surface area contributed by atoms with Crippen LogP contribution in [0.4, 0.5) is 5.69 Å². The molecule has 2 aromatic carbocycles. The van der Waals surface area contributed by atoms with E-state index in [4.69, 9.17) is 23.2 Å². The molecule has 6 nitrogen and oxygen atoms in total. The number of allylic oxidation sites excluding steroid dienone is 1. The second-order valence-electron chi connectivity index (χ2n) is 7.33. The van der Waals surface area contributed by atoms with Crippen molar-refractivity contribution >= 4 is 46.6 Å². The molecule has 0 saturated carbocycles. The highest BCUT2D eigenvalue weighted by molar-refractivity contribution is 7.99. The van der Waals surface area contributed by atoms with Crippen LogP contribution in [-0.2, 0) is 11.3 Å². The SMILES string of the molecule is C=CCn1c(SCC(=O)N2CCN(c3ccccc3)CC2)nnc1-c1ccc(Cl)c(Cl)c1. The van der Waals surface area contributed by atoms with E-state index < -0.39 is 0 Å². The molecule has 0 aliphatic carbocycles. The third kappa shape index (κ3) is 5.11. The van der Waals surface area contributed by atoms with Crippen molar-refractivity contribution in [2.75, 3.05) is 36.8 Å². The Bertz CT molecular complexity index is 1100. The number of para-hydroxylation sites is 1. The Morgan fingerprint density at radius 2 is 1.78 bits per heavy atom. The molecule has 1 fully saturated rings. The maximum Gasteiger partial charge on any atom is 0.233 e. The number of carbonyl (C=O) groups is 1. The van der Waals surface area contributed by atoms with Crippen LogP contribution in [0.15, 0.2) is 66.3 Å². The molecule has 1 aliphatic rings. The molecule has 1 saturated heterocycles. The molecule has 0 bridgehead atoms. The lowest BCUT2D eigenvalue weighted by atomic mass is 10.2. The molecule has 4 rings (SSSR count). The Balaban J connectivity index is 1.39. The van der Waals surface area contributed by atoms with E-state index in [1.54, 1.807) is 18.2 Å². The van der Waals surface area contributed by atoms with Gasteiger partial charge in [0, 0.05) is 44.0 Å². The zero-order valence-electron chi connectivity index (χ0n) is 17.5. The molecular formula is C23H23Cl2N5OS. The predicted molar refractivity (Wildman–Crippen MR) is 132 cm³/mol. The molecule has 3 aromatic rings. The van der Waals surface area contributed by atoms with Crippen LogP contribution in [0.5, 0.6) is 0 Å². The minimum atomic E-state index is 0.104. The van der Waals surface area contributed by atoms with E-state index in [0.717, 1.165) is 18.7 Å². The van der Waals surface area contributed by atoms with Gasteiger partial charge in [-0.2, -0.15) is 0 Å². The molecular weight excluding hydrogens is 465 g/mol. The van der Waals surface area contributed by atoms with E-state index >= 15 is 0 Å². The molecule has 0 radical (unpaired) electrons. The maximum atomic E-state index is 12.8. The first-order chi connectivity index (χ1) is 15.6. The monoisotopic (exact) mass is 487 g/mol. The van der Waals surface area contributed by atoms with Gasteiger partial charge in [0.1, 0.15) is 0 Å². The number of amides is 1. The first-order valence-electron chi connectivity index (χ1n) is 10.3. The Morgan fingerprint density at radius 1 is 1.03 bits per heavy atom. The summed E-state index contributed by atoms with van der Waals surface area (Å²) in [6.07, 6.45) is 1.78. The summed E-state index contributed by atoms with van der Waals surface area (Å²) < 4.78 is 1.93. The average molecular weight is 488 g/mol. The molecule has 2 heterocycles. The van der Waals surface area contributed by atoms with Crippen LogP contribution >= 0.6 is 35.0 Å². The van der Waals surface area contributed by atoms with Gasteiger partial charge in [0.05, 0.1) is 15.8 Å². The fourth-order valence-corrected chi connectivity index (χ4v) is 4.76. The second-order valence-corrected chi connectivity index (χ2v) is 9.08. The summed E-state index contributed by atoms with van der Waals surface area (Å²) >= 11 is 13.6. The predicted octanol–water partition coefficient (Wildman–Crippen LogP) is 4.88. The zero-order valence-corrected chi connectivity index (χ0v) is 19.8. The summed E-state index contributed by atoms with van der Waals surface area (Å²) in [7, 11) is 0. The number of benzene rings is 2. The molecule has 166 valence electrons. The lowest BCUT2D eigenvalue weighted by Gasteiger charge is -2.36. The van der Waals surface area contributed by atoms with Gasteiger partial charge >= 0.3 is 0 Å². The summed E-state index contributed by atoms with van der Waals surface area (Å²) in [6.45, 7) is 7.43. The molecule has 0 spiro atoms. The van der Waals surface area contributed by atoms with Gasteiger partial charge in [-0.3, -0.25) is 9.36 Å². The van der Waals surface area contributed by atoms with Gasteiger partial charge in [0.2, 0.25) is 5.91 Å². The molecule has 0 unspecified atom stereocenters. The third-order valence-corrected chi connectivity index (χ3v) is 6.98. The number of nitrogens with zero attached hydrogens (tertiary/aromatic N) is 5. The summed E-state index contributed by atoms with van der Waals surface area (Å²) in [5, 5.41) is 10.2. The van der Waals surface area contributed by atoms with Gasteiger partial charge in [-0.15, -0.1) is 16.8 Å². The van der Waals surface area contributed by atoms with Crippen LogP contribution in [0.25, 0.3) is 11.4 Å².